The summed E-state index contributed by atoms with van der Waals surface area (Å²) in [7, 11) is 0. The van der Waals surface area contributed by atoms with Crippen molar-refractivity contribution in [1.29, 1.82) is 0 Å². The van der Waals surface area contributed by atoms with Gasteiger partial charge in [-0.2, -0.15) is 0 Å². The Balaban J connectivity index is 2.17. The van der Waals surface area contributed by atoms with Gasteiger partial charge in [-0.1, -0.05) is 40.2 Å². The average Bonchev–Trinajstić information content (AvgIpc) is 2.38. The van der Waals surface area contributed by atoms with Gasteiger partial charge in [0.2, 0.25) is 0 Å². The summed E-state index contributed by atoms with van der Waals surface area (Å²) in [5.41, 5.74) is 2.00. The highest BCUT2D eigenvalue weighted by Crippen LogP contribution is 2.23. The summed E-state index contributed by atoms with van der Waals surface area (Å²) < 4.78 is 26.0. The fourth-order valence-electron chi connectivity index (χ4n) is 1.93. The number of rotatable bonds is 4. The van der Waals surface area contributed by atoms with Crippen molar-refractivity contribution in [2.24, 2.45) is 0 Å². The zero-order valence-electron chi connectivity index (χ0n) is 9.74. The van der Waals surface area contributed by atoms with Crippen molar-refractivity contribution < 1.29 is 8.78 Å². The lowest BCUT2D eigenvalue weighted by molar-refractivity contribution is 0.620. The maximum atomic E-state index is 13.2. The second kappa shape index (κ2) is 6.10. The molecule has 0 heterocycles. The largest absolute Gasteiger partial charge is 0.207 e. The molecule has 2 rings (SSSR count). The van der Waals surface area contributed by atoms with E-state index in [2.05, 4.69) is 15.9 Å². The van der Waals surface area contributed by atoms with Crippen LogP contribution in [0.1, 0.15) is 17.0 Å². The number of alkyl halides is 1. The molecule has 0 saturated heterocycles. The van der Waals surface area contributed by atoms with Crippen LogP contribution in [0.5, 0.6) is 0 Å². The van der Waals surface area contributed by atoms with Crippen molar-refractivity contribution in [3.8, 4) is 0 Å². The predicted octanol–water partition coefficient (Wildman–Crippen LogP) is 4.69. The van der Waals surface area contributed by atoms with E-state index in [0.29, 0.717) is 0 Å². The van der Waals surface area contributed by atoms with E-state index >= 15 is 0 Å². The molecule has 94 valence electrons. The molecule has 0 aliphatic heterocycles. The molecular weight excluding hydrogens is 298 g/mol. The minimum absolute atomic E-state index is 0.186. The van der Waals surface area contributed by atoms with Crippen LogP contribution in [0.15, 0.2) is 48.5 Å². The van der Waals surface area contributed by atoms with Gasteiger partial charge in [0.05, 0.1) is 0 Å². The first-order valence-electron chi connectivity index (χ1n) is 5.75. The van der Waals surface area contributed by atoms with Crippen molar-refractivity contribution in [3.63, 3.8) is 0 Å². The first-order chi connectivity index (χ1) is 8.69. The predicted molar refractivity (Wildman–Crippen MR) is 73.0 cm³/mol. The third kappa shape index (κ3) is 3.39. The summed E-state index contributed by atoms with van der Waals surface area (Å²) in [5.74, 6) is -0.274. The Bertz CT molecular complexity index is 508. The second-order valence-electron chi connectivity index (χ2n) is 4.24. The third-order valence-electron chi connectivity index (χ3n) is 2.90. The Kier molecular flexibility index (Phi) is 4.48. The maximum absolute atomic E-state index is 13.2. The molecular formula is C15H13BrF2. The molecule has 0 aliphatic carbocycles. The summed E-state index contributed by atoms with van der Waals surface area (Å²) in [6.07, 6.45) is 0.759. The SMILES string of the molecule is Fc1ccc(CC(CBr)c2cccc(F)c2)cc1. The van der Waals surface area contributed by atoms with Gasteiger partial charge < -0.3 is 0 Å². The molecule has 0 radical (unpaired) electrons. The van der Waals surface area contributed by atoms with Crippen LogP contribution in [-0.2, 0) is 6.42 Å². The Morgan fingerprint density at radius 1 is 0.944 bits per heavy atom. The minimum atomic E-state index is -0.236. The highest BCUT2D eigenvalue weighted by molar-refractivity contribution is 9.09. The van der Waals surface area contributed by atoms with Crippen LogP contribution < -0.4 is 0 Å². The fourth-order valence-corrected chi connectivity index (χ4v) is 2.53. The van der Waals surface area contributed by atoms with Gasteiger partial charge in [0.1, 0.15) is 11.6 Å². The lowest BCUT2D eigenvalue weighted by Gasteiger charge is -2.14. The lowest BCUT2D eigenvalue weighted by atomic mass is 9.94. The molecule has 1 atom stereocenters. The van der Waals surface area contributed by atoms with Gasteiger partial charge in [0.15, 0.2) is 0 Å². The monoisotopic (exact) mass is 310 g/mol. The van der Waals surface area contributed by atoms with Crippen molar-refractivity contribution in [2.45, 2.75) is 12.3 Å². The van der Waals surface area contributed by atoms with Crippen molar-refractivity contribution >= 4 is 15.9 Å². The van der Waals surface area contributed by atoms with Crippen molar-refractivity contribution in [2.75, 3.05) is 5.33 Å². The van der Waals surface area contributed by atoms with Crippen LogP contribution in [-0.4, -0.2) is 5.33 Å². The van der Waals surface area contributed by atoms with Crippen LogP contribution in [0.2, 0.25) is 0 Å². The smallest absolute Gasteiger partial charge is 0.123 e. The molecule has 0 aromatic heterocycles. The Morgan fingerprint density at radius 3 is 2.28 bits per heavy atom. The zero-order chi connectivity index (χ0) is 13.0. The van der Waals surface area contributed by atoms with Crippen LogP contribution in [0.3, 0.4) is 0 Å². The van der Waals surface area contributed by atoms with Gasteiger partial charge in [-0.3, -0.25) is 0 Å². The molecule has 0 saturated carbocycles. The number of halogens is 3. The Labute approximate surface area is 114 Å². The molecule has 0 spiro atoms. The van der Waals surface area contributed by atoms with Crippen LogP contribution >= 0.6 is 15.9 Å². The second-order valence-corrected chi connectivity index (χ2v) is 4.88. The van der Waals surface area contributed by atoms with E-state index < -0.39 is 0 Å². The summed E-state index contributed by atoms with van der Waals surface area (Å²) in [6.45, 7) is 0. The van der Waals surface area contributed by atoms with Gasteiger partial charge >= 0.3 is 0 Å². The molecule has 0 N–H and O–H groups in total. The average molecular weight is 311 g/mol. The number of hydrogen-bond acceptors (Lipinski definition) is 0. The molecule has 18 heavy (non-hydrogen) atoms. The summed E-state index contributed by atoms with van der Waals surface area (Å²) in [6, 6.07) is 13.1. The molecule has 0 bridgehead atoms. The fraction of sp³-hybridized carbons (Fsp3) is 0.200. The van der Waals surface area contributed by atoms with Gasteiger partial charge in [-0.05, 0) is 47.7 Å². The summed E-state index contributed by atoms with van der Waals surface area (Å²) in [5, 5.41) is 0.744. The van der Waals surface area contributed by atoms with Crippen LogP contribution in [0, 0.1) is 11.6 Å². The molecule has 3 heteroatoms. The van der Waals surface area contributed by atoms with E-state index in [1.165, 1.54) is 18.2 Å². The zero-order valence-corrected chi connectivity index (χ0v) is 11.3. The summed E-state index contributed by atoms with van der Waals surface area (Å²) >= 11 is 3.45. The normalized spacial score (nSPS) is 12.4. The van der Waals surface area contributed by atoms with E-state index in [0.717, 1.165) is 22.9 Å². The van der Waals surface area contributed by atoms with Gasteiger partial charge in [0.25, 0.3) is 0 Å². The molecule has 0 nitrogen and oxygen atoms in total. The summed E-state index contributed by atoms with van der Waals surface area (Å²) in [4.78, 5) is 0. The molecule has 0 amide bonds. The molecule has 0 aliphatic rings. The van der Waals surface area contributed by atoms with Gasteiger partial charge in [0, 0.05) is 5.33 Å². The molecule has 0 fully saturated rings. The van der Waals surface area contributed by atoms with E-state index in [9.17, 15) is 8.78 Å². The number of hydrogen-bond donors (Lipinski definition) is 0. The molecule has 2 aromatic carbocycles. The standard InChI is InChI=1S/C15H13BrF2/c16-10-13(12-2-1-3-15(18)9-12)8-11-4-6-14(17)7-5-11/h1-7,9,13H,8,10H2. The van der Waals surface area contributed by atoms with E-state index in [4.69, 9.17) is 0 Å². The van der Waals surface area contributed by atoms with E-state index in [1.54, 1.807) is 24.3 Å². The quantitative estimate of drug-likeness (QED) is 0.719. The minimum Gasteiger partial charge on any atom is -0.207 e. The highest BCUT2D eigenvalue weighted by atomic mass is 79.9. The van der Waals surface area contributed by atoms with Crippen molar-refractivity contribution in [3.05, 3.63) is 71.3 Å². The Hall–Kier alpha value is -1.22. The first-order valence-corrected chi connectivity index (χ1v) is 6.87. The van der Waals surface area contributed by atoms with E-state index in [1.807, 2.05) is 6.07 Å². The maximum Gasteiger partial charge on any atom is 0.123 e. The first kappa shape index (κ1) is 13.2. The lowest BCUT2D eigenvalue weighted by Crippen LogP contribution is -2.05. The molecule has 2 aromatic rings. The molecule has 1 unspecified atom stereocenters. The highest BCUT2D eigenvalue weighted by Gasteiger charge is 2.11. The van der Waals surface area contributed by atoms with Gasteiger partial charge in [-0.15, -0.1) is 0 Å². The van der Waals surface area contributed by atoms with Crippen LogP contribution in [0.4, 0.5) is 8.78 Å². The topological polar surface area (TPSA) is 0 Å². The van der Waals surface area contributed by atoms with Crippen molar-refractivity contribution in [1.82, 2.24) is 0 Å². The number of benzene rings is 2. The Morgan fingerprint density at radius 2 is 1.67 bits per heavy atom. The van der Waals surface area contributed by atoms with Crippen LogP contribution in [0.25, 0.3) is 0 Å². The van der Waals surface area contributed by atoms with Gasteiger partial charge in [-0.25, -0.2) is 8.78 Å². The third-order valence-corrected chi connectivity index (χ3v) is 3.68. The van der Waals surface area contributed by atoms with E-state index in [-0.39, 0.29) is 17.6 Å².